The van der Waals surface area contributed by atoms with E-state index in [0.717, 1.165) is 5.56 Å². The number of hydrogen-bond acceptors (Lipinski definition) is 3. The highest BCUT2D eigenvalue weighted by Crippen LogP contribution is 2.29. The van der Waals surface area contributed by atoms with Crippen LogP contribution in [0.2, 0.25) is 0 Å². The highest BCUT2D eigenvalue weighted by molar-refractivity contribution is 5.94. The number of hydrogen-bond donors (Lipinski definition) is 2. The van der Waals surface area contributed by atoms with Gasteiger partial charge in [-0.2, -0.15) is 0 Å². The van der Waals surface area contributed by atoms with Gasteiger partial charge in [0, 0.05) is 32.1 Å². The molecule has 0 saturated heterocycles. The van der Waals surface area contributed by atoms with Gasteiger partial charge in [-0.15, -0.1) is 0 Å². The molecule has 0 aliphatic heterocycles. The number of benzene rings is 1. The predicted molar refractivity (Wildman–Crippen MR) is 89.4 cm³/mol. The number of amides is 2. The van der Waals surface area contributed by atoms with Crippen molar-refractivity contribution in [2.45, 2.75) is 32.2 Å². The van der Waals surface area contributed by atoms with Crippen molar-refractivity contribution < 1.29 is 19.5 Å². The van der Waals surface area contributed by atoms with E-state index < -0.39 is 5.97 Å². The second kappa shape index (κ2) is 7.95. The molecule has 6 heteroatoms. The lowest BCUT2D eigenvalue weighted by Gasteiger charge is -2.25. The normalized spacial score (nSPS) is 20.2. The fourth-order valence-electron chi connectivity index (χ4n) is 3.01. The van der Waals surface area contributed by atoms with E-state index in [4.69, 9.17) is 5.11 Å². The van der Waals surface area contributed by atoms with E-state index in [1.165, 1.54) is 4.90 Å². The lowest BCUT2D eigenvalue weighted by Crippen LogP contribution is -2.34. The summed E-state index contributed by atoms with van der Waals surface area (Å²) >= 11 is 0. The van der Waals surface area contributed by atoms with Crippen molar-refractivity contribution in [3.05, 3.63) is 35.4 Å². The lowest BCUT2D eigenvalue weighted by atomic mass is 9.81. The summed E-state index contributed by atoms with van der Waals surface area (Å²) in [6.45, 7) is 0.367. The quantitative estimate of drug-likeness (QED) is 0.862. The van der Waals surface area contributed by atoms with Crippen LogP contribution in [0.1, 0.15) is 41.6 Å². The lowest BCUT2D eigenvalue weighted by molar-refractivity contribution is -0.144. The van der Waals surface area contributed by atoms with E-state index >= 15 is 0 Å². The van der Waals surface area contributed by atoms with Crippen LogP contribution >= 0.6 is 0 Å². The number of rotatable bonds is 5. The van der Waals surface area contributed by atoms with E-state index in [-0.39, 0.29) is 23.7 Å². The molecule has 1 saturated carbocycles. The zero-order valence-corrected chi connectivity index (χ0v) is 14.1. The zero-order chi connectivity index (χ0) is 17.7. The Bertz CT molecular complexity index is 619. The first-order chi connectivity index (χ1) is 11.4. The maximum absolute atomic E-state index is 12.2. The predicted octanol–water partition coefficient (Wildman–Crippen LogP) is 1.90. The average molecular weight is 332 g/mol. The molecule has 6 nitrogen and oxygen atoms in total. The molecule has 0 atom stereocenters. The van der Waals surface area contributed by atoms with Gasteiger partial charge < -0.3 is 15.3 Å². The Labute approximate surface area is 141 Å². The van der Waals surface area contributed by atoms with E-state index in [9.17, 15) is 14.4 Å². The highest BCUT2D eigenvalue weighted by atomic mass is 16.4. The number of nitrogens with one attached hydrogen (secondary N) is 1. The second-order valence-corrected chi connectivity index (χ2v) is 6.50. The van der Waals surface area contributed by atoms with E-state index in [1.807, 2.05) is 6.07 Å². The van der Waals surface area contributed by atoms with Gasteiger partial charge >= 0.3 is 5.97 Å². The summed E-state index contributed by atoms with van der Waals surface area (Å²) in [6.07, 6.45) is 2.34. The molecule has 24 heavy (non-hydrogen) atoms. The number of aliphatic carboxylic acids is 1. The smallest absolute Gasteiger partial charge is 0.306 e. The molecule has 1 aliphatic rings. The standard InChI is InChI=1S/C18H24N2O4/c1-20(2)17(22)15-5-3-4-12(10-15)11-19-16(21)13-6-8-14(9-7-13)18(23)24/h3-5,10,13-14H,6-9,11H2,1-2H3,(H,19,21)(H,23,24). The first-order valence-corrected chi connectivity index (χ1v) is 8.19. The van der Waals surface area contributed by atoms with Gasteiger partial charge in [-0.05, 0) is 43.4 Å². The largest absolute Gasteiger partial charge is 0.481 e. The summed E-state index contributed by atoms with van der Waals surface area (Å²) in [6, 6.07) is 7.20. The van der Waals surface area contributed by atoms with Gasteiger partial charge in [-0.25, -0.2) is 0 Å². The van der Waals surface area contributed by atoms with Crippen LogP contribution in [0.5, 0.6) is 0 Å². The third-order valence-electron chi connectivity index (χ3n) is 4.49. The molecule has 0 heterocycles. The maximum atomic E-state index is 12.2. The first kappa shape index (κ1) is 18.0. The van der Waals surface area contributed by atoms with Crippen LogP contribution in [0.15, 0.2) is 24.3 Å². The van der Waals surface area contributed by atoms with Gasteiger partial charge in [0.05, 0.1) is 5.92 Å². The Morgan fingerprint density at radius 3 is 2.33 bits per heavy atom. The Kier molecular flexibility index (Phi) is 5.95. The molecular weight excluding hydrogens is 308 g/mol. The first-order valence-electron chi connectivity index (χ1n) is 8.19. The van der Waals surface area contributed by atoms with Crippen molar-refractivity contribution in [2.75, 3.05) is 14.1 Å². The fourth-order valence-corrected chi connectivity index (χ4v) is 3.01. The molecule has 2 rings (SSSR count). The number of carboxylic acid groups (broad SMARTS) is 1. The molecule has 0 bridgehead atoms. The van der Waals surface area contributed by atoms with Crippen LogP contribution < -0.4 is 5.32 Å². The minimum Gasteiger partial charge on any atom is -0.481 e. The Balaban J connectivity index is 1.87. The van der Waals surface area contributed by atoms with Gasteiger partial charge in [0.15, 0.2) is 0 Å². The molecule has 1 aromatic carbocycles. The van der Waals surface area contributed by atoms with E-state index in [1.54, 1.807) is 32.3 Å². The summed E-state index contributed by atoms with van der Waals surface area (Å²) in [5.74, 6) is -1.32. The van der Waals surface area contributed by atoms with Gasteiger partial charge in [0.25, 0.3) is 5.91 Å². The Morgan fingerprint density at radius 2 is 1.75 bits per heavy atom. The molecule has 2 amide bonds. The summed E-state index contributed by atoms with van der Waals surface area (Å²) in [5.41, 5.74) is 1.46. The third kappa shape index (κ3) is 4.57. The monoisotopic (exact) mass is 332 g/mol. The van der Waals surface area contributed by atoms with Crippen LogP contribution in [0.25, 0.3) is 0 Å². The zero-order valence-electron chi connectivity index (χ0n) is 14.1. The second-order valence-electron chi connectivity index (χ2n) is 6.50. The Hall–Kier alpha value is -2.37. The Morgan fingerprint density at radius 1 is 1.12 bits per heavy atom. The topological polar surface area (TPSA) is 86.7 Å². The molecular formula is C18H24N2O4. The van der Waals surface area contributed by atoms with Crippen LogP contribution in [0, 0.1) is 11.8 Å². The van der Waals surface area contributed by atoms with Crippen LogP contribution in [0.3, 0.4) is 0 Å². The van der Waals surface area contributed by atoms with Crippen molar-refractivity contribution in [3.63, 3.8) is 0 Å². The summed E-state index contributed by atoms with van der Waals surface area (Å²) in [5, 5.41) is 11.9. The molecule has 1 aliphatic carbocycles. The van der Waals surface area contributed by atoms with Crippen molar-refractivity contribution in [3.8, 4) is 0 Å². The summed E-state index contributed by atoms with van der Waals surface area (Å²) < 4.78 is 0. The SMILES string of the molecule is CN(C)C(=O)c1cccc(CNC(=O)C2CCC(C(=O)O)CC2)c1. The molecule has 1 aromatic rings. The van der Waals surface area contributed by atoms with E-state index in [2.05, 4.69) is 5.32 Å². The molecule has 130 valence electrons. The highest BCUT2D eigenvalue weighted by Gasteiger charge is 2.29. The number of carbonyl (C=O) groups excluding carboxylic acids is 2. The van der Waals surface area contributed by atoms with Crippen molar-refractivity contribution in [1.82, 2.24) is 10.2 Å². The number of nitrogens with zero attached hydrogens (tertiary/aromatic N) is 1. The minimum atomic E-state index is -0.767. The maximum Gasteiger partial charge on any atom is 0.306 e. The van der Waals surface area contributed by atoms with Crippen LogP contribution in [-0.4, -0.2) is 41.9 Å². The third-order valence-corrected chi connectivity index (χ3v) is 4.49. The molecule has 2 N–H and O–H groups in total. The molecule has 0 spiro atoms. The van der Waals surface area contributed by atoms with Crippen molar-refractivity contribution >= 4 is 17.8 Å². The molecule has 0 aromatic heterocycles. The number of carbonyl (C=O) groups is 3. The molecule has 0 radical (unpaired) electrons. The van der Waals surface area contributed by atoms with E-state index in [0.29, 0.717) is 37.8 Å². The average Bonchev–Trinajstić information content (AvgIpc) is 2.59. The fraction of sp³-hybridized carbons (Fsp3) is 0.500. The molecule has 0 unspecified atom stereocenters. The van der Waals surface area contributed by atoms with Crippen LogP contribution in [-0.2, 0) is 16.1 Å². The summed E-state index contributed by atoms with van der Waals surface area (Å²) in [7, 11) is 3.40. The molecule has 1 fully saturated rings. The number of carboxylic acids is 1. The van der Waals surface area contributed by atoms with Gasteiger partial charge in [0.1, 0.15) is 0 Å². The minimum absolute atomic E-state index is 0.0387. The summed E-state index contributed by atoms with van der Waals surface area (Å²) in [4.78, 5) is 36.7. The van der Waals surface area contributed by atoms with Crippen LogP contribution in [0.4, 0.5) is 0 Å². The van der Waals surface area contributed by atoms with Gasteiger partial charge in [-0.3, -0.25) is 14.4 Å². The van der Waals surface area contributed by atoms with Crippen molar-refractivity contribution in [2.24, 2.45) is 11.8 Å². The van der Waals surface area contributed by atoms with Crippen molar-refractivity contribution in [1.29, 1.82) is 0 Å². The van der Waals surface area contributed by atoms with Gasteiger partial charge in [-0.1, -0.05) is 12.1 Å². The van der Waals surface area contributed by atoms with Gasteiger partial charge in [0.2, 0.25) is 5.91 Å².